The predicted molar refractivity (Wildman–Crippen MR) is 271 cm³/mol. The van der Waals surface area contributed by atoms with Crippen LogP contribution in [0.3, 0.4) is 0 Å². The predicted octanol–water partition coefficient (Wildman–Crippen LogP) is 11.7. The summed E-state index contributed by atoms with van der Waals surface area (Å²) in [5.41, 5.74) is 8.59. The number of hydrogen-bond donors (Lipinski definition) is 1. The van der Waals surface area contributed by atoms with Gasteiger partial charge in [0.1, 0.15) is 23.0 Å². The standard InChI is InChI=1S/C60H55N4O.ClH/c1-58(2,3)42-30-33-61-56(34-42)64-54-36-45(28-29-48(54)49-37-50-51(38-55(49)64)60(6,7)32-31-59(50,4)5)65-44-23-16-22-43(35-44)62-39-63(53-27-15-14-26-52(53)62)57-46(40-18-10-8-11-19-40)24-17-25-47(57)41-20-12-9-13-21-41;/h8-30,33-39H,31-32H2,1-7H3;1H/q+1;/i8D,9D,10D,11D,12D,13D,18D,19D,20D,21D;. The molecule has 1 N–H and O–H groups in total. The summed E-state index contributed by atoms with van der Waals surface area (Å²) in [4.78, 5) is 5.76. The lowest BCUT2D eigenvalue weighted by atomic mass is 9.63. The normalized spacial score (nSPS) is 18.2. The van der Waals surface area contributed by atoms with Crippen LogP contribution < -0.4 is 26.6 Å². The average molecular weight is 895 g/mol. The molecule has 9 aromatic rings. The second-order valence-electron chi connectivity index (χ2n) is 19.6. The zero-order valence-corrected chi connectivity index (χ0v) is 38.8. The highest BCUT2D eigenvalue weighted by molar-refractivity contribution is 6.10. The van der Waals surface area contributed by atoms with Crippen LogP contribution in [0.25, 0.3) is 49.9 Å². The van der Waals surface area contributed by atoms with Gasteiger partial charge in [-0.25, -0.2) is 4.98 Å². The highest BCUT2D eigenvalue weighted by atomic mass is 35.5. The first-order chi connectivity index (χ1) is 35.5. The number of rotatable bonds is 7. The Bertz CT molecular complexity index is 3810. The molecular formula is C60H56ClN4O+. The van der Waals surface area contributed by atoms with E-state index in [1.165, 1.54) is 16.7 Å². The molecule has 0 spiro atoms. The molecule has 6 heteroatoms. The Hall–Kier alpha value is -6.79. The molecule has 2 aromatic heterocycles. The second kappa shape index (κ2) is 16.3. The van der Waals surface area contributed by atoms with E-state index in [2.05, 4.69) is 89.4 Å². The van der Waals surface area contributed by atoms with Gasteiger partial charge in [0, 0.05) is 47.3 Å². The van der Waals surface area contributed by atoms with E-state index >= 15 is 0 Å². The maximum Gasteiger partial charge on any atom is 0.347 e. The Labute approximate surface area is 409 Å². The number of aromatic nitrogens is 2. The van der Waals surface area contributed by atoms with Crippen LogP contribution in [0.5, 0.6) is 11.5 Å². The minimum absolute atomic E-state index is 0. The number of quaternary nitrogens is 1. The zero-order chi connectivity index (χ0) is 53.4. The molecule has 3 heterocycles. The highest BCUT2D eigenvalue weighted by Gasteiger charge is 2.40. The summed E-state index contributed by atoms with van der Waals surface area (Å²) in [7, 11) is 0. The van der Waals surface area contributed by atoms with Crippen LogP contribution in [-0.4, -0.2) is 15.9 Å². The van der Waals surface area contributed by atoms with E-state index in [-0.39, 0.29) is 56.6 Å². The Kier molecular flexibility index (Phi) is 8.09. The van der Waals surface area contributed by atoms with E-state index in [1.807, 2.05) is 71.7 Å². The van der Waals surface area contributed by atoms with Gasteiger partial charge >= 0.3 is 6.34 Å². The fraction of sp³-hybridized carbons (Fsp3) is 0.200. The van der Waals surface area contributed by atoms with Crippen molar-refractivity contribution >= 4 is 50.9 Å². The van der Waals surface area contributed by atoms with Crippen molar-refractivity contribution in [3.63, 3.8) is 0 Å². The smallest absolute Gasteiger partial charge is 0.347 e. The lowest BCUT2D eigenvalue weighted by molar-refractivity contribution is -0.638. The Morgan fingerprint density at radius 2 is 1.27 bits per heavy atom. The first kappa shape index (κ1) is 32.8. The summed E-state index contributed by atoms with van der Waals surface area (Å²) >= 11 is 0. The number of pyridine rings is 1. The van der Waals surface area contributed by atoms with Crippen LogP contribution in [0.2, 0.25) is 0 Å². The van der Waals surface area contributed by atoms with Crippen molar-refractivity contribution in [3.05, 3.63) is 193 Å². The van der Waals surface area contributed by atoms with Gasteiger partial charge in [-0.05, 0) is 112 Å². The Morgan fingerprint density at radius 3 is 1.95 bits per heavy atom. The summed E-state index contributed by atoms with van der Waals surface area (Å²) in [6.45, 7) is 16.0. The fourth-order valence-electron chi connectivity index (χ4n) is 9.81. The maximum atomic E-state index is 9.07. The summed E-state index contributed by atoms with van der Waals surface area (Å²) < 4.78 is 98.4. The largest absolute Gasteiger partial charge is 1.00 e. The molecule has 7 aromatic carbocycles. The molecule has 0 fully saturated rings. The molecule has 0 amide bonds. The van der Waals surface area contributed by atoms with Gasteiger partial charge in [0.2, 0.25) is 11.4 Å². The summed E-state index contributed by atoms with van der Waals surface area (Å²) in [6, 6.07) is 30.6. The minimum atomic E-state index is -0.551. The third-order valence-corrected chi connectivity index (χ3v) is 13.5. The van der Waals surface area contributed by atoms with E-state index in [1.54, 1.807) is 18.2 Å². The van der Waals surface area contributed by atoms with Gasteiger partial charge in [-0.1, -0.05) is 133 Å². The maximum absolute atomic E-state index is 9.07. The van der Waals surface area contributed by atoms with Crippen LogP contribution in [0.1, 0.15) is 91.7 Å². The monoisotopic (exact) mass is 893 g/mol. The van der Waals surface area contributed by atoms with Crippen LogP contribution in [0.15, 0.2) is 176 Å². The molecule has 0 saturated heterocycles. The quantitative estimate of drug-likeness (QED) is 0.162. The van der Waals surface area contributed by atoms with Crippen LogP contribution >= 0.6 is 0 Å². The van der Waals surface area contributed by atoms with Crippen molar-refractivity contribution in [1.29, 1.82) is 0 Å². The highest BCUT2D eigenvalue weighted by Crippen LogP contribution is 2.49. The lowest BCUT2D eigenvalue weighted by Crippen LogP contribution is -3.00. The zero-order valence-electron chi connectivity index (χ0n) is 48.1. The number of nitrogens with zero attached hydrogens (tertiary/aromatic N) is 3. The number of benzene rings is 7. The first-order valence-electron chi connectivity index (χ1n) is 27.2. The number of hydrogen-bond acceptors (Lipinski definition) is 2. The molecule has 66 heavy (non-hydrogen) atoms. The molecule has 0 radical (unpaired) electrons. The molecule has 2 aliphatic rings. The molecule has 0 bridgehead atoms. The van der Waals surface area contributed by atoms with E-state index in [0.29, 0.717) is 17.2 Å². The second-order valence-corrected chi connectivity index (χ2v) is 19.6. The van der Waals surface area contributed by atoms with Crippen LogP contribution in [-0.2, 0) is 16.2 Å². The third kappa shape index (κ3) is 7.41. The van der Waals surface area contributed by atoms with E-state index in [9.17, 15) is 0 Å². The third-order valence-electron chi connectivity index (χ3n) is 13.5. The Balaban J connectivity index is 0.00000657. The number of ether oxygens (including phenoxy) is 1. The molecule has 11 rings (SSSR count). The Morgan fingerprint density at radius 1 is 0.652 bits per heavy atom. The fourth-order valence-corrected chi connectivity index (χ4v) is 9.81. The van der Waals surface area contributed by atoms with Gasteiger partial charge in [-0.3, -0.25) is 4.57 Å². The van der Waals surface area contributed by atoms with Crippen molar-refractivity contribution in [2.45, 2.75) is 77.6 Å². The van der Waals surface area contributed by atoms with E-state index in [4.69, 9.17) is 23.4 Å². The molecule has 1 unspecified atom stereocenters. The number of nitrogens with one attached hydrogen (secondary N) is 1. The first-order valence-corrected chi connectivity index (χ1v) is 22.2. The number of halogens is 1. The van der Waals surface area contributed by atoms with Gasteiger partial charge in [-0.2, -0.15) is 4.90 Å². The summed E-state index contributed by atoms with van der Waals surface area (Å²) in [6.07, 6.45) is 5.96. The van der Waals surface area contributed by atoms with Gasteiger partial charge < -0.3 is 17.1 Å². The molecule has 1 aliphatic heterocycles. The van der Waals surface area contributed by atoms with Crippen molar-refractivity contribution in [2.75, 3.05) is 0 Å². The summed E-state index contributed by atoms with van der Waals surface area (Å²) in [5.74, 6) is 2.02. The van der Waals surface area contributed by atoms with E-state index in [0.717, 1.165) is 56.7 Å². The number of fused-ring (bicyclic) bond motifs is 5. The SMILES string of the molecule is [2H]c1c([2H])c([2H])c(-c2cccc(-c3c([2H])c([2H])c([2H])c([2H])c3[2H])c2[N+]2=C[NH+](c3cccc(Oc4ccc5c6cc7c(cc6n(-c6cc(C(C)(C)C)ccn6)c5c4)C(C)(C)CCC7(C)C)c3)c3ccccc32)c([2H])c1[2H].[Cl-]. The minimum Gasteiger partial charge on any atom is -1.00 e. The molecule has 0 saturated carbocycles. The molecular weight excluding hydrogens is 828 g/mol. The van der Waals surface area contributed by atoms with Crippen molar-refractivity contribution < 1.29 is 35.8 Å². The van der Waals surface area contributed by atoms with Crippen molar-refractivity contribution in [2.24, 2.45) is 0 Å². The van der Waals surface area contributed by atoms with Gasteiger partial charge in [0.15, 0.2) is 0 Å². The lowest BCUT2D eigenvalue weighted by Gasteiger charge is -2.42. The molecule has 1 aliphatic carbocycles. The van der Waals surface area contributed by atoms with Crippen LogP contribution in [0.4, 0.5) is 22.7 Å². The molecule has 328 valence electrons. The van der Waals surface area contributed by atoms with Crippen molar-refractivity contribution in [3.8, 4) is 39.6 Å². The molecule has 5 nitrogen and oxygen atoms in total. The topological polar surface area (TPSA) is 34.5 Å². The summed E-state index contributed by atoms with van der Waals surface area (Å²) in [5, 5.41) is 2.25. The molecule has 1 atom stereocenters. The van der Waals surface area contributed by atoms with Gasteiger partial charge in [0.25, 0.3) is 5.69 Å². The van der Waals surface area contributed by atoms with Crippen LogP contribution in [0, 0.1) is 0 Å². The number of para-hydroxylation sites is 3. The van der Waals surface area contributed by atoms with E-state index < -0.39 is 60.4 Å². The van der Waals surface area contributed by atoms with Gasteiger partial charge in [0.05, 0.1) is 35.9 Å². The average Bonchev–Trinajstić information content (AvgIpc) is 3.98. The van der Waals surface area contributed by atoms with Crippen molar-refractivity contribution in [1.82, 2.24) is 14.1 Å². The van der Waals surface area contributed by atoms with Gasteiger partial charge in [-0.15, -0.1) is 4.58 Å².